The van der Waals surface area contributed by atoms with Gasteiger partial charge in [-0.1, -0.05) is 18.2 Å². The highest BCUT2D eigenvalue weighted by molar-refractivity contribution is 5.83. The summed E-state index contributed by atoms with van der Waals surface area (Å²) in [6.45, 7) is 1.21. The maximum absolute atomic E-state index is 12.8. The quantitative estimate of drug-likeness (QED) is 0.514. The third-order valence-corrected chi connectivity index (χ3v) is 4.50. The molecule has 3 rings (SSSR count). The van der Waals surface area contributed by atoms with E-state index in [4.69, 9.17) is 4.74 Å². The lowest BCUT2D eigenvalue weighted by Gasteiger charge is -2.07. The molecule has 0 saturated carbocycles. The molecule has 2 aromatic carbocycles. The van der Waals surface area contributed by atoms with E-state index in [-0.39, 0.29) is 11.7 Å². The Bertz CT molecular complexity index is 858. The number of nitrogens with one attached hydrogen (secondary N) is 2. The van der Waals surface area contributed by atoms with Gasteiger partial charge in [-0.15, -0.1) is 0 Å². The molecule has 1 heterocycles. The maximum atomic E-state index is 12.8. The van der Waals surface area contributed by atoms with Gasteiger partial charge in [-0.2, -0.15) is 0 Å². The summed E-state index contributed by atoms with van der Waals surface area (Å²) in [4.78, 5) is 15.2. The summed E-state index contributed by atoms with van der Waals surface area (Å²) in [6, 6.07) is 14.2. The average molecular weight is 368 g/mol. The van der Waals surface area contributed by atoms with Crippen molar-refractivity contribution in [3.8, 4) is 5.75 Å². The van der Waals surface area contributed by atoms with Crippen molar-refractivity contribution < 1.29 is 13.9 Å². The molecule has 0 unspecified atom stereocenters. The lowest BCUT2D eigenvalue weighted by Crippen LogP contribution is -2.24. The minimum Gasteiger partial charge on any atom is -0.494 e. The van der Waals surface area contributed by atoms with Crippen molar-refractivity contribution in [3.63, 3.8) is 0 Å². The minimum absolute atomic E-state index is 0.0919. The molecule has 0 bridgehead atoms. The summed E-state index contributed by atoms with van der Waals surface area (Å²) in [5, 5.41) is 4.19. The van der Waals surface area contributed by atoms with Gasteiger partial charge in [0.25, 0.3) is 0 Å². The third-order valence-electron chi connectivity index (χ3n) is 4.50. The summed E-state index contributed by atoms with van der Waals surface area (Å²) in [5.41, 5.74) is 2.40. The van der Waals surface area contributed by atoms with Crippen molar-refractivity contribution in [2.45, 2.75) is 32.1 Å². The van der Waals surface area contributed by atoms with Crippen LogP contribution in [-0.2, 0) is 11.2 Å². The Morgan fingerprint density at radius 3 is 2.70 bits per heavy atom. The van der Waals surface area contributed by atoms with Crippen LogP contribution in [0.3, 0.4) is 0 Å². The van der Waals surface area contributed by atoms with Crippen molar-refractivity contribution in [2.24, 2.45) is 0 Å². The fourth-order valence-electron chi connectivity index (χ4n) is 3.04. The number of benzene rings is 2. The molecule has 1 aromatic heterocycles. The van der Waals surface area contributed by atoms with Crippen LogP contribution in [0, 0.1) is 5.82 Å². The van der Waals surface area contributed by atoms with Crippen LogP contribution in [0.25, 0.3) is 10.9 Å². The molecule has 0 fully saturated rings. The van der Waals surface area contributed by atoms with Gasteiger partial charge in [0, 0.05) is 30.1 Å². The molecule has 2 N–H and O–H groups in total. The average Bonchev–Trinajstić information content (AvgIpc) is 3.09. The first-order valence-corrected chi connectivity index (χ1v) is 9.42. The van der Waals surface area contributed by atoms with Gasteiger partial charge >= 0.3 is 0 Å². The number of ether oxygens (including phenoxy) is 1. The van der Waals surface area contributed by atoms with Crippen LogP contribution in [0.15, 0.2) is 54.7 Å². The monoisotopic (exact) mass is 368 g/mol. The second-order valence-electron chi connectivity index (χ2n) is 6.57. The highest BCUT2D eigenvalue weighted by Crippen LogP contribution is 2.19. The number of aromatic nitrogens is 1. The molecule has 0 aliphatic rings. The Kier molecular flexibility index (Phi) is 6.85. The van der Waals surface area contributed by atoms with Crippen LogP contribution >= 0.6 is 0 Å². The van der Waals surface area contributed by atoms with E-state index in [1.807, 2.05) is 18.3 Å². The van der Waals surface area contributed by atoms with Crippen LogP contribution in [0.4, 0.5) is 4.39 Å². The van der Waals surface area contributed by atoms with Gasteiger partial charge in [0.2, 0.25) is 5.91 Å². The van der Waals surface area contributed by atoms with Crippen molar-refractivity contribution in [2.75, 3.05) is 13.2 Å². The van der Waals surface area contributed by atoms with E-state index in [0.29, 0.717) is 25.3 Å². The first kappa shape index (κ1) is 19.0. The fourth-order valence-corrected chi connectivity index (χ4v) is 3.04. The van der Waals surface area contributed by atoms with Crippen LogP contribution in [-0.4, -0.2) is 24.0 Å². The number of halogens is 1. The van der Waals surface area contributed by atoms with Crippen LogP contribution in [0.5, 0.6) is 5.75 Å². The lowest BCUT2D eigenvalue weighted by atomic mass is 10.1. The molecule has 4 nitrogen and oxygen atoms in total. The van der Waals surface area contributed by atoms with Gasteiger partial charge in [0.15, 0.2) is 0 Å². The summed E-state index contributed by atoms with van der Waals surface area (Å²) < 4.78 is 18.3. The minimum atomic E-state index is -0.269. The number of H-pyrrole nitrogens is 1. The van der Waals surface area contributed by atoms with Crippen molar-refractivity contribution in [1.82, 2.24) is 10.3 Å². The predicted octanol–water partition coefficient (Wildman–Crippen LogP) is 4.61. The SMILES string of the molecule is O=C(CCCc1c[nH]c2ccccc12)NCCCCOc1ccc(F)cc1. The van der Waals surface area contributed by atoms with Gasteiger partial charge in [-0.05, 0) is 61.6 Å². The zero-order valence-corrected chi connectivity index (χ0v) is 15.3. The number of aromatic amines is 1. The highest BCUT2D eigenvalue weighted by Gasteiger charge is 2.05. The molecule has 0 atom stereocenters. The molecule has 27 heavy (non-hydrogen) atoms. The smallest absolute Gasteiger partial charge is 0.220 e. The predicted molar refractivity (Wildman–Crippen MR) is 105 cm³/mol. The number of para-hydroxylation sites is 1. The van der Waals surface area contributed by atoms with Gasteiger partial charge < -0.3 is 15.0 Å². The second kappa shape index (κ2) is 9.76. The molecule has 0 aliphatic heterocycles. The van der Waals surface area contributed by atoms with E-state index in [2.05, 4.69) is 22.4 Å². The van der Waals surface area contributed by atoms with Crippen LogP contribution in [0.1, 0.15) is 31.2 Å². The van der Waals surface area contributed by atoms with Crippen molar-refractivity contribution in [3.05, 3.63) is 66.1 Å². The van der Waals surface area contributed by atoms with E-state index < -0.39 is 0 Å². The molecule has 3 aromatic rings. The molecule has 142 valence electrons. The standard InChI is InChI=1S/C22H25FN2O2/c23-18-10-12-19(13-11-18)27-15-4-3-14-24-22(26)9-5-6-17-16-25-21-8-2-1-7-20(17)21/h1-2,7-8,10-13,16,25H,3-6,9,14-15H2,(H,24,26). The van der Waals surface area contributed by atoms with E-state index in [1.54, 1.807) is 12.1 Å². The number of amides is 1. The lowest BCUT2D eigenvalue weighted by molar-refractivity contribution is -0.121. The number of unbranched alkanes of at least 4 members (excludes halogenated alkanes) is 1. The largest absolute Gasteiger partial charge is 0.494 e. The number of carbonyl (C=O) groups excluding carboxylic acids is 1. The molecule has 0 saturated heterocycles. The first-order chi connectivity index (χ1) is 13.2. The summed E-state index contributed by atoms with van der Waals surface area (Å²) in [5.74, 6) is 0.488. The van der Waals surface area contributed by atoms with E-state index in [1.165, 1.54) is 23.1 Å². The summed E-state index contributed by atoms with van der Waals surface area (Å²) in [7, 11) is 0. The normalized spacial score (nSPS) is 10.9. The molecule has 0 spiro atoms. The molecule has 0 radical (unpaired) electrons. The zero-order chi connectivity index (χ0) is 18.9. The number of aryl methyl sites for hydroxylation is 1. The summed E-state index contributed by atoms with van der Waals surface area (Å²) in [6.07, 6.45) is 5.99. The number of rotatable bonds is 10. The Morgan fingerprint density at radius 1 is 1.04 bits per heavy atom. The van der Waals surface area contributed by atoms with Gasteiger partial charge in [-0.25, -0.2) is 4.39 Å². The van der Waals surface area contributed by atoms with Gasteiger partial charge in [-0.3, -0.25) is 4.79 Å². The van der Waals surface area contributed by atoms with Gasteiger partial charge in [0.05, 0.1) is 6.61 Å². The molecule has 0 aliphatic carbocycles. The van der Waals surface area contributed by atoms with E-state index >= 15 is 0 Å². The Morgan fingerprint density at radius 2 is 1.85 bits per heavy atom. The highest BCUT2D eigenvalue weighted by atomic mass is 19.1. The number of hydrogen-bond donors (Lipinski definition) is 2. The van der Waals surface area contributed by atoms with Gasteiger partial charge in [0.1, 0.15) is 11.6 Å². The van der Waals surface area contributed by atoms with E-state index in [0.717, 1.165) is 31.2 Å². The molecular weight excluding hydrogens is 343 g/mol. The first-order valence-electron chi connectivity index (χ1n) is 9.42. The maximum Gasteiger partial charge on any atom is 0.220 e. The molecule has 1 amide bonds. The third kappa shape index (κ3) is 5.84. The van der Waals surface area contributed by atoms with Crippen LogP contribution in [0.2, 0.25) is 0 Å². The topological polar surface area (TPSA) is 54.1 Å². The molecule has 5 heteroatoms. The van der Waals surface area contributed by atoms with E-state index in [9.17, 15) is 9.18 Å². The Labute approximate surface area is 158 Å². The molecular formula is C22H25FN2O2. The fraction of sp³-hybridized carbons (Fsp3) is 0.318. The van der Waals surface area contributed by atoms with Crippen molar-refractivity contribution >= 4 is 16.8 Å². The summed E-state index contributed by atoms with van der Waals surface area (Å²) >= 11 is 0. The number of hydrogen-bond acceptors (Lipinski definition) is 2. The van der Waals surface area contributed by atoms with Crippen LogP contribution < -0.4 is 10.1 Å². The zero-order valence-electron chi connectivity index (χ0n) is 15.3. The number of carbonyl (C=O) groups is 1. The second-order valence-corrected chi connectivity index (χ2v) is 6.57. The Balaban J connectivity index is 1.25. The van der Waals surface area contributed by atoms with Crippen molar-refractivity contribution in [1.29, 1.82) is 0 Å². The Hall–Kier alpha value is -2.82. The number of fused-ring (bicyclic) bond motifs is 1.